The van der Waals surface area contributed by atoms with E-state index in [1.165, 1.54) is 7.11 Å². The summed E-state index contributed by atoms with van der Waals surface area (Å²) in [5, 5.41) is 19.6. The van der Waals surface area contributed by atoms with Crippen LogP contribution in [0.4, 0.5) is 0 Å². The number of allylic oxidation sites excluding steroid dienone is 7. The Morgan fingerprint density at radius 2 is 1.57 bits per heavy atom. The number of carbonyl (C=O) groups excluding carboxylic acids is 1. The van der Waals surface area contributed by atoms with Crippen molar-refractivity contribution in [3.63, 3.8) is 0 Å². The van der Waals surface area contributed by atoms with E-state index in [0.717, 1.165) is 19.3 Å². The fourth-order valence-electron chi connectivity index (χ4n) is 2.07. The van der Waals surface area contributed by atoms with Crippen molar-refractivity contribution in [1.29, 1.82) is 0 Å². The molecule has 0 saturated carbocycles. The van der Waals surface area contributed by atoms with Gasteiger partial charge in [-0.3, -0.25) is 4.79 Å². The van der Waals surface area contributed by atoms with Crippen molar-refractivity contribution in [2.24, 2.45) is 0 Å². The molecule has 0 aromatic carbocycles. The second-order valence-corrected chi connectivity index (χ2v) is 6.13. The molecule has 4 heteroatoms. The normalized spacial score (nSPS) is 14.3. The lowest BCUT2D eigenvalue weighted by atomic mass is 10.1. The molecular formula is C24H34O4. The van der Waals surface area contributed by atoms with E-state index in [-0.39, 0.29) is 5.97 Å². The highest BCUT2D eigenvalue weighted by Crippen LogP contribution is 2.01. The lowest BCUT2D eigenvalue weighted by molar-refractivity contribution is -0.140. The van der Waals surface area contributed by atoms with Crippen LogP contribution in [0.3, 0.4) is 0 Å². The van der Waals surface area contributed by atoms with E-state index in [4.69, 9.17) is 0 Å². The molecule has 0 unspecified atom stereocenters. The van der Waals surface area contributed by atoms with Gasteiger partial charge in [-0.1, -0.05) is 55.2 Å². The lowest BCUT2D eigenvalue weighted by Crippen LogP contribution is -2.00. The highest BCUT2D eigenvalue weighted by atomic mass is 16.5. The minimum Gasteiger partial charge on any atom is -0.469 e. The van der Waals surface area contributed by atoms with Crippen LogP contribution in [0.2, 0.25) is 0 Å². The van der Waals surface area contributed by atoms with Crippen molar-refractivity contribution < 1.29 is 19.7 Å². The quantitative estimate of drug-likeness (QED) is 0.279. The summed E-state index contributed by atoms with van der Waals surface area (Å²) in [5.41, 5.74) is 0. The number of methoxy groups -OCH3 is 1. The molecule has 0 amide bonds. The number of esters is 1. The first-order valence-electron chi connectivity index (χ1n) is 9.82. The highest BCUT2D eigenvalue weighted by molar-refractivity contribution is 5.69. The topological polar surface area (TPSA) is 66.8 Å². The van der Waals surface area contributed by atoms with Gasteiger partial charge in [-0.25, -0.2) is 0 Å². The molecule has 0 spiro atoms. The molecule has 0 heterocycles. The van der Waals surface area contributed by atoms with Gasteiger partial charge in [0.15, 0.2) is 0 Å². The molecule has 28 heavy (non-hydrogen) atoms. The molecule has 0 aromatic rings. The first kappa shape index (κ1) is 25.6. The maximum absolute atomic E-state index is 10.9. The molecule has 2 atom stereocenters. The van der Waals surface area contributed by atoms with Gasteiger partial charge >= 0.3 is 5.97 Å². The third kappa shape index (κ3) is 18.4. The van der Waals surface area contributed by atoms with Crippen molar-refractivity contribution in [3.8, 4) is 11.8 Å². The van der Waals surface area contributed by atoms with Crippen LogP contribution in [0.15, 0.2) is 60.8 Å². The molecule has 0 rings (SSSR count). The third-order valence-corrected chi connectivity index (χ3v) is 3.64. The largest absolute Gasteiger partial charge is 0.469 e. The molecule has 0 radical (unpaired) electrons. The number of hydrogen-bond acceptors (Lipinski definition) is 4. The zero-order valence-electron chi connectivity index (χ0n) is 17.1. The number of hydrogen-bond donors (Lipinski definition) is 2. The predicted molar refractivity (Wildman–Crippen MR) is 115 cm³/mol. The number of ether oxygens (including phenoxy) is 1. The molecule has 0 bridgehead atoms. The number of aliphatic hydroxyl groups excluding tert-OH is 2. The summed E-state index contributed by atoms with van der Waals surface area (Å²) in [5.74, 6) is 5.42. The lowest BCUT2D eigenvalue weighted by Gasteiger charge is -2.00. The Hall–Kier alpha value is -2.35. The van der Waals surface area contributed by atoms with Gasteiger partial charge in [0.2, 0.25) is 0 Å². The van der Waals surface area contributed by atoms with Gasteiger partial charge in [0, 0.05) is 6.42 Å². The molecule has 0 aliphatic carbocycles. The Morgan fingerprint density at radius 1 is 0.929 bits per heavy atom. The molecule has 2 N–H and O–H groups in total. The zero-order chi connectivity index (χ0) is 20.9. The van der Waals surface area contributed by atoms with Crippen LogP contribution in [0.5, 0.6) is 0 Å². The van der Waals surface area contributed by atoms with Crippen molar-refractivity contribution in [2.75, 3.05) is 7.11 Å². The van der Waals surface area contributed by atoms with Crippen LogP contribution in [-0.2, 0) is 9.53 Å². The van der Waals surface area contributed by atoms with E-state index in [1.54, 1.807) is 24.3 Å². The average Bonchev–Trinajstić information content (AvgIpc) is 2.69. The number of rotatable bonds is 13. The van der Waals surface area contributed by atoms with Crippen LogP contribution in [0, 0.1) is 11.8 Å². The molecule has 4 nitrogen and oxygen atoms in total. The van der Waals surface area contributed by atoms with Crippen LogP contribution >= 0.6 is 0 Å². The van der Waals surface area contributed by atoms with Crippen LogP contribution < -0.4 is 0 Å². The molecule has 0 aliphatic heterocycles. The molecule has 0 fully saturated rings. The Kier molecular flexibility index (Phi) is 17.8. The summed E-state index contributed by atoms with van der Waals surface area (Å²) in [4.78, 5) is 10.9. The minimum absolute atomic E-state index is 0.204. The smallest absolute Gasteiger partial charge is 0.305 e. The monoisotopic (exact) mass is 386 g/mol. The Bertz CT molecular complexity index is 600. The highest BCUT2D eigenvalue weighted by Gasteiger charge is 1.96. The van der Waals surface area contributed by atoms with E-state index in [1.807, 2.05) is 24.3 Å². The van der Waals surface area contributed by atoms with Crippen molar-refractivity contribution in [1.82, 2.24) is 0 Å². The van der Waals surface area contributed by atoms with Gasteiger partial charge in [-0.15, -0.1) is 0 Å². The van der Waals surface area contributed by atoms with Crippen LogP contribution in [0.25, 0.3) is 0 Å². The average molecular weight is 387 g/mol. The van der Waals surface area contributed by atoms with Crippen molar-refractivity contribution in [3.05, 3.63) is 60.8 Å². The first-order chi connectivity index (χ1) is 13.6. The number of aliphatic hydroxyl groups is 2. The van der Waals surface area contributed by atoms with E-state index in [2.05, 4.69) is 35.7 Å². The summed E-state index contributed by atoms with van der Waals surface area (Å²) in [6.07, 6.45) is 22.4. The second-order valence-electron chi connectivity index (χ2n) is 6.13. The molecule has 154 valence electrons. The van der Waals surface area contributed by atoms with E-state index in [9.17, 15) is 15.0 Å². The Balaban J connectivity index is 3.91. The minimum atomic E-state index is -0.575. The fraction of sp³-hybridized carbons (Fsp3) is 0.458. The maximum atomic E-state index is 10.9. The Labute approximate surface area is 170 Å². The van der Waals surface area contributed by atoms with E-state index in [0.29, 0.717) is 25.7 Å². The van der Waals surface area contributed by atoms with Crippen LogP contribution in [0.1, 0.15) is 51.9 Å². The third-order valence-electron chi connectivity index (χ3n) is 3.64. The standard InChI is InChI=1S/C24H34O4/c1-3-4-5-12-17-22(25)19-14-10-11-15-20-23(26)18-13-8-6-7-9-16-21-24(27)28-2/h4-5,7-9,13-15,19-20,22-23,25-26H,3,6,12,16-18,21H2,1-2H3/b5-4-,9-7-,13-8-,19-14+,20-15+/t22-,23-/m0/s1. The van der Waals surface area contributed by atoms with E-state index >= 15 is 0 Å². The summed E-state index contributed by atoms with van der Waals surface area (Å²) in [6, 6.07) is 0. The molecular weight excluding hydrogens is 352 g/mol. The van der Waals surface area contributed by atoms with Gasteiger partial charge in [-0.05, 0) is 62.8 Å². The summed E-state index contributed by atoms with van der Waals surface area (Å²) < 4.78 is 4.56. The van der Waals surface area contributed by atoms with Gasteiger partial charge in [0.05, 0.1) is 19.3 Å². The number of carbonyl (C=O) groups is 1. The van der Waals surface area contributed by atoms with Gasteiger partial charge in [0.25, 0.3) is 0 Å². The molecule has 0 aromatic heterocycles. The van der Waals surface area contributed by atoms with Crippen molar-refractivity contribution >= 4 is 5.97 Å². The van der Waals surface area contributed by atoms with Crippen molar-refractivity contribution in [2.45, 2.75) is 64.1 Å². The summed E-state index contributed by atoms with van der Waals surface area (Å²) >= 11 is 0. The Morgan fingerprint density at radius 3 is 2.25 bits per heavy atom. The van der Waals surface area contributed by atoms with Crippen LogP contribution in [-0.4, -0.2) is 35.5 Å². The van der Waals surface area contributed by atoms with Gasteiger partial charge < -0.3 is 14.9 Å². The van der Waals surface area contributed by atoms with Gasteiger partial charge in [-0.2, -0.15) is 0 Å². The predicted octanol–water partition coefficient (Wildman–Crippen LogP) is 4.42. The molecule has 0 saturated heterocycles. The zero-order valence-corrected chi connectivity index (χ0v) is 17.1. The summed E-state index contributed by atoms with van der Waals surface area (Å²) in [6.45, 7) is 2.08. The van der Waals surface area contributed by atoms with Gasteiger partial charge in [0.1, 0.15) is 0 Å². The summed E-state index contributed by atoms with van der Waals surface area (Å²) in [7, 11) is 1.38. The molecule has 0 aliphatic rings. The second kappa shape index (κ2) is 19.4. The fourth-order valence-corrected chi connectivity index (χ4v) is 2.07. The van der Waals surface area contributed by atoms with E-state index < -0.39 is 12.2 Å². The first-order valence-corrected chi connectivity index (χ1v) is 9.82. The SMILES string of the molecule is CC/C=C\CC[C@H](O)/C=C/C#C/C=C/[C@@H](O)C/C=C\C/C=C\CCC(=O)OC. The maximum Gasteiger partial charge on any atom is 0.305 e.